The first kappa shape index (κ1) is 25.1. The first-order valence-electron chi connectivity index (χ1n) is 10.8. The SMILES string of the molecule is CCC[C@@H](NC(=O)C(CNC(=O)OCC1c2ccccc2-c2ccccc21)C(F)(F)F)C(=O)O. The molecular formula is C24H25F3N2O5. The van der Waals surface area contributed by atoms with Crippen LogP contribution in [0, 0.1) is 5.92 Å². The van der Waals surface area contributed by atoms with Gasteiger partial charge in [-0.15, -0.1) is 0 Å². The highest BCUT2D eigenvalue weighted by Crippen LogP contribution is 2.44. The second-order valence-corrected chi connectivity index (χ2v) is 7.99. The highest BCUT2D eigenvalue weighted by molar-refractivity contribution is 5.86. The minimum absolute atomic E-state index is 0.0224. The first-order chi connectivity index (χ1) is 16.1. The van der Waals surface area contributed by atoms with Crippen molar-refractivity contribution in [3.63, 3.8) is 0 Å². The zero-order valence-electron chi connectivity index (χ0n) is 18.4. The Morgan fingerprint density at radius 2 is 1.59 bits per heavy atom. The number of benzene rings is 2. The van der Waals surface area contributed by atoms with Crippen molar-refractivity contribution >= 4 is 18.0 Å². The van der Waals surface area contributed by atoms with E-state index < -0.39 is 42.7 Å². The number of amides is 2. The van der Waals surface area contributed by atoms with Crippen LogP contribution in [0.3, 0.4) is 0 Å². The van der Waals surface area contributed by atoms with E-state index >= 15 is 0 Å². The minimum Gasteiger partial charge on any atom is -0.480 e. The van der Waals surface area contributed by atoms with Gasteiger partial charge in [0, 0.05) is 12.5 Å². The summed E-state index contributed by atoms with van der Waals surface area (Å²) in [4.78, 5) is 35.5. The van der Waals surface area contributed by atoms with Gasteiger partial charge in [0.25, 0.3) is 0 Å². The van der Waals surface area contributed by atoms with Crippen LogP contribution >= 0.6 is 0 Å². The molecule has 182 valence electrons. The molecule has 2 aromatic rings. The Bertz CT molecular complexity index is 1010. The summed E-state index contributed by atoms with van der Waals surface area (Å²) in [5, 5.41) is 13.0. The van der Waals surface area contributed by atoms with Crippen LogP contribution in [0.5, 0.6) is 0 Å². The summed E-state index contributed by atoms with van der Waals surface area (Å²) in [6, 6.07) is 13.7. The van der Waals surface area contributed by atoms with Crippen molar-refractivity contribution in [3.05, 3.63) is 59.7 Å². The van der Waals surface area contributed by atoms with E-state index in [1.807, 2.05) is 59.2 Å². The molecule has 7 nitrogen and oxygen atoms in total. The molecule has 1 unspecified atom stereocenters. The molecule has 0 aliphatic heterocycles. The Hall–Kier alpha value is -3.56. The van der Waals surface area contributed by atoms with Crippen LogP contribution in [0.15, 0.2) is 48.5 Å². The average Bonchev–Trinajstić information content (AvgIpc) is 3.10. The van der Waals surface area contributed by atoms with Gasteiger partial charge in [-0.1, -0.05) is 61.9 Å². The standard InChI is InChI=1S/C24H25F3N2O5/c1-2-7-20(22(31)32)29-21(30)19(24(25,26)27)12-28-23(33)34-13-18-16-10-5-3-8-14(16)15-9-4-6-11-17(15)18/h3-6,8-11,18-20H,2,7,12-13H2,1H3,(H,28,33)(H,29,30)(H,31,32)/t19?,20-/m1/s1. The number of rotatable bonds is 9. The molecule has 0 saturated carbocycles. The lowest BCUT2D eigenvalue weighted by Gasteiger charge is -2.22. The molecule has 0 fully saturated rings. The molecule has 0 bridgehead atoms. The number of alkyl carbamates (subject to hydrolysis) is 1. The number of carboxylic acids is 1. The number of nitrogens with one attached hydrogen (secondary N) is 2. The third-order valence-electron chi connectivity index (χ3n) is 5.70. The van der Waals surface area contributed by atoms with Crippen molar-refractivity contribution in [2.75, 3.05) is 13.2 Å². The first-order valence-corrected chi connectivity index (χ1v) is 10.8. The minimum atomic E-state index is -4.99. The maximum Gasteiger partial charge on any atom is 0.407 e. The highest BCUT2D eigenvalue weighted by Gasteiger charge is 2.46. The lowest BCUT2D eigenvalue weighted by Crippen LogP contribution is -2.50. The maximum atomic E-state index is 13.4. The molecule has 0 radical (unpaired) electrons. The van der Waals surface area contributed by atoms with E-state index in [1.54, 1.807) is 6.92 Å². The predicted octanol–water partition coefficient (Wildman–Crippen LogP) is 4.07. The normalized spacial score (nSPS) is 14.5. The van der Waals surface area contributed by atoms with Crippen LogP contribution in [-0.4, -0.2) is 48.4 Å². The van der Waals surface area contributed by atoms with E-state index in [4.69, 9.17) is 9.84 Å². The lowest BCUT2D eigenvalue weighted by atomic mass is 9.98. The second kappa shape index (κ2) is 10.6. The van der Waals surface area contributed by atoms with Crippen molar-refractivity contribution in [2.24, 2.45) is 5.92 Å². The zero-order chi connectivity index (χ0) is 24.9. The lowest BCUT2D eigenvalue weighted by molar-refractivity contribution is -0.182. The highest BCUT2D eigenvalue weighted by atomic mass is 19.4. The molecule has 3 rings (SSSR count). The van der Waals surface area contributed by atoms with Gasteiger partial charge in [-0.3, -0.25) is 4.79 Å². The fraction of sp³-hybridized carbons (Fsp3) is 0.375. The predicted molar refractivity (Wildman–Crippen MR) is 117 cm³/mol. The Kier molecular flexibility index (Phi) is 7.80. The Balaban J connectivity index is 1.62. The number of hydrogen-bond donors (Lipinski definition) is 3. The molecule has 2 aromatic carbocycles. The van der Waals surface area contributed by atoms with E-state index in [1.165, 1.54) is 0 Å². The molecule has 0 aromatic heterocycles. The quantitative estimate of drug-likeness (QED) is 0.504. The summed E-state index contributed by atoms with van der Waals surface area (Å²) >= 11 is 0. The van der Waals surface area contributed by atoms with Crippen LogP contribution in [0.4, 0.5) is 18.0 Å². The van der Waals surface area contributed by atoms with Gasteiger partial charge in [0.15, 0.2) is 5.92 Å². The van der Waals surface area contributed by atoms with Gasteiger partial charge in [-0.2, -0.15) is 13.2 Å². The summed E-state index contributed by atoms with van der Waals surface area (Å²) < 4.78 is 45.5. The number of carboxylic acid groups (broad SMARTS) is 1. The van der Waals surface area contributed by atoms with Crippen molar-refractivity contribution in [3.8, 4) is 11.1 Å². The van der Waals surface area contributed by atoms with Gasteiger partial charge in [-0.25, -0.2) is 9.59 Å². The number of aliphatic carboxylic acids is 1. The Labute approximate surface area is 194 Å². The molecule has 3 N–H and O–H groups in total. The molecule has 0 heterocycles. The Morgan fingerprint density at radius 1 is 1.03 bits per heavy atom. The van der Waals surface area contributed by atoms with Crippen molar-refractivity contribution in [1.82, 2.24) is 10.6 Å². The van der Waals surface area contributed by atoms with E-state index in [9.17, 15) is 27.6 Å². The number of fused-ring (bicyclic) bond motifs is 3. The molecule has 2 atom stereocenters. The largest absolute Gasteiger partial charge is 0.480 e. The number of hydrogen-bond acceptors (Lipinski definition) is 4. The third kappa shape index (κ3) is 5.67. The third-order valence-corrected chi connectivity index (χ3v) is 5.70. The van der Waals surface area contributed by atoms with Gasteiger partial charge in [0.2, 0.25) is 5.91 Å². The van der Waals surface area contributed by atoms with Crippen LogP contribution in [0.1, 0.15) is 36.8 Å². The maximum absolute atomic E-state index is 13.4. The van der Waals surface area contributed by atoms with Gasteiger partial charge >= 0.3 is 18.2 Å². The fourth-order valence-corrected chi connectivity index (χ4v) is 4.01. The van der Waals surface area contributed by atoms with Crippen LogP contribution in [0.2, 0.25) is 0 Å². The smallest absolute Gasteiger partial charge is 0.407 e. The molecule has 0 saturated heterocycles. The molecule has 1 aliphatic rings. The van der Waals surface area contributed by atoms with Crippen LogP contribution in [-0.2, 0) is 14.3 Å². The zero-order valence-corrected chi connectivity index (χ0v) is 18.4. The molecule has 0 spiro atoms. The van der Waals surface area contributed by atoms with E-state index in [2.05, 4.69) is 0 Å². The Morgan fingerprint density at radius 3 is 2.09 bits per heavy atom. The fourth-order valence-electron chi connectivity index (χ4n) is 4.01. The van der Waals surface area contributed by atoms with E-state index in [-0.39, 0.29) is 18.9 Å². The number of carbonyl (C=O) groups is 3. The topological polar surface area (TPSA) is 105 Å². The van der Waals surface area contributed by atoms with Crippen LogP contribution < -0.4 is 10.6 Å². The summed E-state index contributed by atoms with van der Waals surface area (Å²) in [5.41, 5.74) is 3.89. The van der Waals surface area contributed by atoms with Crippen molar-refractivity contribution < 1.29 is 37.4 Å². The average molecular weight is 478 g/mol. The van der Waals surface area contributed by atoms with Crippen molar-refractivity contribution in [1.29, 1.82) is 0 Å². The van der Waals surface area contributed by atoms with Gasteiger partial charge < -0.3 is 20.5 Å². The van der Waals surface area contributed by atoms with E-state index in [0.29, 0.717) is 6.42 Å². The summed E-state index contributed by atoms with van der Waals surface area (Å²) in [5.74, 6) is -5.84. The van der Waals surface area contributed by atoms with Crippen LogP contribution in [0.25, 0.3) is 11.1 Å². The second-order valence-electron chi connectivity index (χ2n) is 7.99. The summed E-state index contributed by atoms with van der Waals surface area (Å²) in [7, 11) is 0. The van der Waals surface area contributed by atoms with Gasteiger partial charge in [0.05, 0.1) is 0 Å². The number of alkyl halides is 3. The van der Waals surface area contributed by atoms with Crippen molar-refractivity contribution in [2.45, 2.75) is 37.9 Å². The number of halogens is 3. The number of carbonyl (C=O) groups excluding carboxylic acids is 2. The van der Waals surface area contributed by atoms with E-state index in [0.717, 1.165) is 22.3 Å². The molecule has 34 heavy (non-hydrogen) atoms. The number of ether oxygens (including phenoxy) is 1. The monoisotopic (exact) mass is 478 g/mol. The molecule has 2 amide bonds. The molecule has 10 heteroatoms. The van der Waals surface area contributed by atoms with Gasteiger partial charge in [0.1, 0.15) is 12.6 Å². The molecule has 1 aliphatic carbocycles. The van der Waals surface area contributed by atoms with Gasteiger partial charge in [-0.05, 0) is 28.7 Å². The summed E-state index contributed by atoms with van der Waals surface area (Å²) in [6.07, 6.45) is -5.76. The summed E-state index contributed by atoms with van der Waals surface area (Å²) in [6.45, 7) is 0.465. The molecular weight excluding hydrogens is 453 g/mol.